The maximum atomic E-state index is 7.56. The summed E-state index contributed by atoms with van der Waals surface area (Å²) >= 11 is 3.87. The summed E-state index contributed by atoms with van der Waals surface area (Å²) in [6.07, 6.45) is 0. The fourth-order valence-corrected chi connectivity index (χ4v) is 0. The van der Waals surface area contributed by atoms with E-state index in [9.17, 15) is 0 Å². The second-order valence-corrected chi connectivity index (χ2v) is 0.757. The lowest BCUT2D eigenvalue weighted by molar-refractivity contribution is 0.560. The molecule has 0 rings (SSSR count). The van der Waals surface area contributed by atoms with Crippen molar-refractivity contribution >= 4 is 28.4 Å². The normalized spacial score (nSPS) is 4.80. The molecule has 5 heavy (non-hydrogen) atoms. The van der Waals surface area contributed by atoms with Crippen molar-refractivity contribution < 1.29 is 5.11 Å². The summed E-state index contributed by atoms with van der Waals surface area (Å²) < 4.78 is 0. The molecule has 0 amide bonds. The molecule has 0 aromatic carbocycles. The zero-order chi connectivity index (χ0) is 3.58. The number of aliphatic hydroxyl groups excluding tert-OH is 1. The molecule has 0 aliphatic rings. The minimum absolute atomic E-state index is 0. The highest BCUT2D eigenvalue weighted by atomic mass is 32.1. The van der Waals surface area contributed by atoms with Gasteiger partial charge in [-0.1, -0.05) is 0 Å². The predicted octanol–water partition coefficient (Wildman–Crippen LogP) is -1.66. The highest BCUT2D eigenvalue weighted by molar-refractivity contribution is 7.79. The molecule has 0 aliphatic heterocycles. The van der Waals surface area contributed by atoms with Gasteiger partial charge in [0.15, 0.2) is 0 Å². The first kappa shape index (κ1) is 8.86. The number of hydrogen-bond donors (Lipinski definition) is 2. The Morgan fingerprint density at radius 2 is 1.80 bits per heavy atom. The molecule has 0 aliphatic carbocycles. The molecule has 0 unspecified atom stereocenters. The van der Waals surface area contributed by atoms with E-state index in [1.165, 1.54) is 0 Å². The van der Waals surface area contributed by atoms with Crippen LogP contribution in [0.4, 0.5) is 0 Å². The summed E-state index contributed by atoms with van der Waals surface area (Å²) in [4.78, 5) is 0. The molecule has 0 fully saturated rings. The minimum Gasteiger partial charge on any atom is -0.487 e. The largest absolute Gasteiger partial charge is 0.487 e. The van der Waals surface area contributed by atoms with E-state index in [1.54, 1.807) is 0 Å². The van der Waals surface area contributed by atoms with Gasteiger partial charge >= 0.3 is 0 Å². The molecule has 0 aromatic rings. The summed E-state index contributed by atoms with van der Waals surface area (Å²) in [5, 5.41) is 7.06. The second-order valence-electron chi connectivity index (χ2n) is 0.338. The fourth-order valence-electron chi connectivity index (χ4n) is 0. The Balaban J connectivity index is 0. The number of aliphatic hydroxyl groups is 1. The lowest BCUT2D eigenvalue weighted by atomic mass is 11.4. The molecule has 4 heteroatoms. The summed E-state index contributed by atoms with van der Waals surface area (Å²) in [5.74, 6) is 0. The van der Waals surface area contributed by atoms with Crippen LogP contribution in [-0.2, 0) is 0 Å². The van der Waals surface area contributed by atoms with Gasteiger partial charge in [-0.25, -0.2) is 0 Å². The van der Waals surface area contributed by atoms with Crippen LogP contribution in [0.5, 0.6) is 0 Å². The quantitative estimate of drug-likeness (QED) is 0.289. The van der Waals surface area contributed by atoms with Crippen molar-refractivity contribution in [2.75, 3.05) is 0 Å². The van der Waals surface area contributed by atoms with Crippen LogP contribution in [0.15, 0.2) is 0 Å². The van der Waals surface area contributed by atoms with Gasteiger partial charge in [-0.15, -0.1) is 0 Å². The summed E-state index contributed by atoms with van der Waals surface area (Å²) in [6, 6.07) is 0. The third-order valence-electron chi connectivity index (χ3n) is 0. The molecule has 0 atom stereocenters. The summed E-state index contributed by atoms with van der Waals surface area (Å²) in [6.45, 7) is 0. The molecule has 0 saturated carbocycles. The molecule has 0 radical (unpaired) electrons. The van der Waals surface area contributed by atoms with Crippen LogP contribution in [0.3, 0.4) is 0 Å². The topological polar surface area (TPSA) is 46.2 Å². The van der Waals surface area contributed by atoms with Gasteiger partial charge in [0, 0.05) is 0 Å². The molecule has 0 bridgehead atoms. The van der Waals surface area contributed by atoms with Crippen molar-refractivity contribution in [2.24, 2.45) is 5.73 Å². The lowest BCUT2D eigenvalue weighted by Crippen LogP contribution is -2.03. The lowest BCUT2D eigenvalue weighted by Gasteiger charge is -1.67. The Morgan fingerprint density at radius 3 is 1.80 bits per heavy atom. The minimum atomic E-state index is -0.500. The van der Waals surface area contributed by atoms with Gasteiger partial charge in [-0.2, -0.15) is 0 Å². The maximum absolute atomic E-state index is 7.56. The van der Waals surface area contributed by atoms with Crippen molar-refractivity contribution in [1.29, 1.82) is 0 Å². The first-order valence-corrected chi connectivity index (χ1v) is 1.12. The molecule has 3 N–H and O–H groups in total. The Bertz CT molecular complexity index is 34.6. The summed E-state index contributed by atoms with van der Waals surface area (Å²) in [5.41, 5.74) is 4.40. The molecule has 0 spiro atoms. The SMILES string of the molecule is NC(O)=S.[SiH4]. The van der Waals surface area contributed by atoms with Crippen molar-refractivity contribution in [3.05, 3.63) is 0 Å². The zero-order valence-corrected chi connectivity index (χ0v) is 2.75. The van der Waals surface area contributed by atoms with Gasteiger partial charge in [0.2, 0.25) is 0 Å². The van der Waals surface area contributed by atoms with Crippen LogP contribution in [0.2, 0.25) is 0 Å². The molecular formula is CH7NOSSi. The Morgan fingerprint density at radius 1 is 1.80 bits per heavy atom. The van der Waals surface area contributed by atoms with E-state index in [4.69, 9.17) is 5.11 Å². The fraction of sp³-hybridized carbons (Fsp3) is 0. The van der Waals surface area contributed by atoms with Crippen LogP contribution < -0.4 is 5.73 Å². The monoisotopic (exact) mass is 109 g/mol. The van der Waals surface area contributed by atoms with Crippen molar-refractivity contribution in [3.8, 4) is 0 Å². The highest BCUT2D eigenvalue weighted by Gasteiger charge is 1.57. The van der Waals surface area contributed by atoms with Crippen LogP contribution in [0.1, 0.15) is 0 Å². The zero-order valence-electron chi connectivity index (χ0n) is 1.93. The van der Waals surface area contributed by atoms with E-state index in [1.807, 2.05) is 0 Å². The standard InChI is InChI=1S/CH3NOS.H4Si/c2-1(3)4;/h(H3,2,3,4);1H4. The Hall–Kier alpha value is -0.0931. The third-order valence-corrected chi connectivity index (χ3v) is 0. The van der Waals surface area contributed by atoms with Crippen LogP contribution in [0.25, 0.3) is 0 Å². The van der Waals surface area contributed by atoms with Crippen molar-refractivity contribution in [1.82, 2.24) is 0 Å². The molecule has 0 aromatic heterocycles. The predicted molar refractivity (Wildman–Crippen MR) is 30.7 cm³/mol. The van der Waals surface area contributed by atoms with Gasteiger partial charge in [0.25, 0.3) is 5.17 Å². The van der Waals surface area contributed by atoms with Crippen LogP contribution >= 0.6 is 12.2 Å². The van der Waals surface area contributed by atoms with Crippen LogP contribution in [0, 0.1) is 0 Å². The van der Waals surface area contributed by atoms with Gasteiger partial charge in [-0.05, 0) is 23.2 Å². The van der Waals surface area contributed by atoms with Gasteiger partial charge in [-0.3, -0.25) is 0 Å². The van der Waals surface area contributed by atoms with Crippen molar-refractivity contribution in [3.63, 3.8) is 0 Å². The Kier molecular flexibility index (Phi) is 6.93. The average molecular weight is 109 g/mol. The first-order chi connectivity index (χ1) is 1.73. The molecular weight excluding hydrogens is 102 g/mol. The third kappa shape index (κ3) is 1640. The van der Waals surface area contributed by atoms with E-state index in [2.05, 4.69) is 18.0 Å². The molecule has 0 heterocycles. The smallest absolute Gasteiger partial charge is 0.251 e. The average Bonchev–Trinajstić information content (AvgIpc) is 0.811. The first-order valence-electron chi connectivity index (χ1n) is 0.716. The number of nitrogens with two attached hydrogens (primary N) is 1. The second kappa shape index (κ2) is 3.91. The molecule has 2 nitrogen and oxygen atoms in total. The van der Waals surface area contributed by atoms with E-state index in [-0.39, 0.29) is 11.0 Å². The number of rotatable bonds is 0. The van der Waals surface area contributed by atoms with E-state index in [0.29, 0.717) is 0 Å². The molecule has 32 valence electrons. The van der Waals surface area contributed by atoms with Crippen molar-refractivity contribution in [2.45, 2.75) is 0 Å². The van der Waals surface area contributed by atoms with Gasteiger partial charge in [0.1, 0.15) is 0 Å². The highest BCUT2D eigenvalue weighted by Crippen LogP contribution is 1.40. The number of hydrogen-bond acceptors (Lipinski definition) is 1. The summed E-state index contributed by atoms with van der Waals surface area (Å²) in [7, 11) is 0. The van der Waals surface area contributed by atoms with E-state index >= 15 is 0 Å². The van der Waals surface area contributed by atoms with Crippen LogP contribution in [-0.4, -0.2) is 21.2 Å². The van der Waals surface area contributed by atoms with Gasteiger partial charge < -0.3 is 10.8 Å². The Labute approximate surface area is 40.0 Å². The van der Waals surface area contributed by atoms with Gasteiger partial charge in [0.05, 0.1) is 0 Å². The van der Waals surface area contributed by atoms with E-state index < -0.39 is 5.17 Å². The maximum Gasteiger partial charge on any atom is 0.251 e. The molecule has 0 saturated heterocycles. The number of thiocarbonyl (C=S) groups is 1. The van der Waals surface area contributed by atoms with E-state index in [0.717, 1.165) is 0 Å².